The molecule has 20 heavy (non-hydrogen) atoms. The SMILES string of the molecule is COC(=O)c1nc(OC(F)(F)F)c(C(F)F)cc1CN. The molecule has 112 valence electrons. The molecule has 1 rings (SSSR count). The van der Waals surface area contributed by atoms with Crippen LogP contribution in [0.4, 0.5) is 22.0 Å². The van der Waals surface area contributed by atoms with Crippen LogP contribution in [0, 0.1) is 0 Å². The van der Waals surface area contributed by atoms with Crippen molar-refractivity contribution in [3.63, 3.8) is 0 Å². The summed E-state index contributed by atoms with van der Waals surface area (Å²) >= 11 is 0. The van der Waals surface area contributed by atoms with Gasteiger partial charge < -0.3 is 15.2 Å². The maximum atomic E-state index is 12.7. The molecule has 0 spiro atoms. The third kappa shape index (κ3) is 3.76. The van der Waals surface area contributed by atoms with Gasteiger partial charge >= 0.3 is 12.3 Å². The second kappa shape index (κ2) is 5.99. The van der Waals surface area contributed by atoms with Crippen molar-refractivity contribution in [2.24, 2.45) is 5.73 Å². The molecule has 5 nitrogen and oxygen atoms in total. The van der Waals surface area contributed by atoms with Crippen LogP contribution >= 0.6 is 0 Å². The van der Waals surface area contributed by atoms with E-state index in [0.717, 1.165) is 7.11 Å². The minimum atomic E-state index is -5.23. The lowest BCUT2D eigenvalue weighted by Crippen LogP contribution is -2.21. The van der Waals surface area contributed by atoms with Crippen molar-refractivity contribution < 1.29 is 36.2 Å². The number of esters is 1. The smallest absolute Gasteiger partial charge is 0.464 e. The second-order valence-corrected chi connectivity index (χ2v) is 3.43. The van der Waals surface area contributed by atoms with Crippen LogP contribution < -0.4 is 10.5 Å². The van der Waals surface area contributed by atoms with Crippen LogP contribution in [0.3, 0.4) is 0 Å². The van der Waals surface area contributed by atoms with Gasteiger partial charge in [0.05, 0.1) is 12.7 Å². The van der Waals surface area contributed by atoms with E-state index in [9.17, 15) is 26.7 Å². The van der Waals surface area contributed by atoms with Gasteiger partial charge in [-0.1, -0.05) is 0 Å². The summed E-state index contributed by atoms with van der Waals surface area (Å²) in [6.07, 6.45) is -8.51. The van der Waals surface area contributed by atoms with Gasteiger partial charge in [-0.15, -0.1) is 13.2 Å². The molecule has 10 heteroatoms. The predicted molar refractivity (Wildman–Crippen MR) is 55.1 cm³/mol. The molecule has 0 amide bonds. The maximum Gasteiger partial charge on any atom is 0.574 e. The van der Waals surface area contributed by atoms with Crippen LogP contribution in [0.15, 0.2) is 6.07 Å². The van der Waals surface area contributed by atoms with Crippen molar-refractivity contribution in [2.45, 2.75) is 19.3 Å². The summed E-state index contributed by atoms with van der Waals surface area (Å²) in [5.74, 6) is -2.52. The Bertz CT molecular complexity index is 504. The number of hydrogen-bond acceptors (Lipinski definition) is 5. The fourth-order valence-corrected chi connectivity index (χ4v) is 1.33. The van der Waals surface area contributed by atoms with Crippen LogP contribution in [0.2, 0.25) is 0 Å². The number of nitrogens with two attached hydrogens (primary N) is 1. The Kier molecular flexibility index (Phi) is 4.82. The average molecular weight is 300 g/mol. The van der Waals surface area contributed by atoms with Crippen LogP contribution in [-0.4, -0.2) is 24.4 Å². The van der Waals surface area contributed by atoms with E-state index >= 15 is 0 Å². The van der Waals surface area contributed by atoms with Crippen molar-refractivity contribution in [1.29, 1.82) is 0 Å². The quantitative estimate of drug-likeness (QED) is 0.681. The summed E-state index contributed by atoms with van der Waals surface area (Å²) in [5.41, 5.74) is 3.33. The number of halogens is 5. The van der Waals surface area contributed by atoms with Gasteiger partial charge in [-0.25, -0.2) is 18.6 Å². The summed E-state index contributed by atoms with van der Waals surface area (Å²) in [6.45, 7) is -0.385. The highest BCUT2D eigenvalue weighted by Gasteiger charge is 2.35. The molecule has 0 aliphatic rings. The van der Waals surface area contributed by atoms with E-state index in [2.05, 4.69) is 14.5 Å². The zero-order chi connectivity index (χ0) is 15.5. The molecule has 1 aromatic rings. The third-order valence-electron chi connectivity index (χ3n) is 2.14. The highest BCUT2D eigenvalue weighted by molar-refractivity contribution is 5.89. The number of ether oxygens (including phenoxy) is 2. The standard InChI is InChI=1S/C10H9F5N2O3/c1-19-9(18)6-4(3-16)2-5(7(11)12)8(17-6)20-10(13,14)15/h2,7H,3,16H2,1H3. The van der Waals surface area contributed by atoms with Gasteiger partial charge in [0.1, 0.15) is 0 Å². The highest BCUT2D eigenvalue weighted by Crippen LogP contribution is 2.33. The van der Waals surface area contributed by atoms with Crippen molar-refractivity contribution >= 4 is 5.97 Å². The first-order valence-electron chi connectivity index (χ1n) is 5.05. The number of alkyl halides is 5. The zero-order valence-corrected chi connectivity index (χ0v) is 10.0. The minimum Gasteiger partial charge on any atom is -0.464 e. The summed E-state index contributed by atoms with van der Waals surface area (Å²) in [4.78, 5) is 14.5. The molecule has 1 heterocycles. The normalized spacial score (nSPS) is 11.6. The molecule has 0 fully saturated rings. The topological polar surface area (TPSA) is 74.4 Å². The Balaban J connectivity index is 3.42. The summed E-state index contributed by atoms with van der Waals surface area (Å²) in [5, 5.41) is 0. The van der Waals surface area contributed by atoms with E-state index in [-0.39, 0.29) is 12.1 Å². The Morgan fingerprint density at radius 3 is 2.45 bits per heavy atom. The van der Waals surface area contributed by atoms with Crippen molar-refractivity contribution in [1.82, 2.24) is 4.98 Å². The number of carbonyl (C=O) groups excluding carboxylic acids is 1. The van der Waals surface area contributed by atoms with Gasteiger partial charge in [-0.3, -0.25) is 0 Å². The van der Waals surface area contributed by atoms with Gasteiger partial charge in [-0.05, 0) is 11.6 Å². The fourth-order valence-electron chi connectivity index (χ4n) is 1.33. The van der Waals surface area contributed by atoms with Crippen molar-refractivity contribution in [3.05, 3.63) is 22.9 Å². The van der Waals surface area contributed by atoms with E-state index in [1.165, 1.54) is 0 Å². The number of nitrogens with zero attached hydrogens (tertiary/aromatic N) is 1. The van der Waals surface area contributed by atoms with Crippen molar-refractivity contribution in [2.75, 3.05) is 7.11 Å². The number of pyridine rings is 1. The van der Waals surface area contributed by atoms with Crippen LogP contribution in [-0.2, 0) is 11.3 Å². The second-order valence-electron chi connectivity index (χ2n) is 3.43. The summed E-state index contributed by atoms with van der Waals surface area (Å²) in [6, 6.07) is 0.630. The zero-order valence-electron chi connectivity index (χ0n) is 10.0. The minimum absolute atomic E-state index is 0.179. The van der Waals surface area contributed by atoms with E-state index in [1.807, 2.05) is 0 Å². The van der Waals surface area contributed by atoms with Gasteiger partial charge in [0.15, 0.2) is 5.69 Å². The first kappa shape index (κ1) is 16.1. The third-order valence-corrected chi connectivity index (χ3v) is 2.14. The molecule has 0 aromatic carbocycles. The Hall–Kier alpha value is -1.97. The molecule has 0 saturated carbocycles. The number of hydrogen-bond donors (Lipinski definition) is 1. The van der Waals surface area contributed by atoms with Crippen LogP contribution in [0.5, 0.6) is 5.88 Å². The monoisotopic (exact) mass is 300 g/mol. The Morgan fingerprint density at radius 2 is 2.05 bits per heavy atom. The molecule has 0 bridgehead atoms. The lowest BCUT2D eigenvalue weighted by Gasteiger charge is -2.14. The molecule has 0 aliphatic carbocycles. The largest absolute Gasteiger partial charge is 0.574 e. The molecular weight excluding hydrogens is 291 g/mol. The molecular formula is C10H9F5N2O3. The predicted octanol–water partition coefficient (Wildman–Crippen LogP) is 2.16. The Labute approximate surface area is 109 Å². The lowest BCUT2D eigenvalue weighted by atomic mass is 10.1. The summed E-state index contributed by atoms with van der Waals surface area (Å²) in [7, 11) is 0.954. The van der Waals surface area contributed by atoms with E-state index in [1.54, 1.807) is 0 Å². The van der Waals surface area contributed by atoms with Crippen molar-refractivity contribution in [3.8, 4) is 5.88 Å². The van der Waals surface area contributed by atoms with Crippen LogP contribution in [0.25, 0.3) is 0 Å². The molecule has 0 unspecified atom stereocenters. The first-order valence-corrected chi connectivity index (χ1v) is 5.05. The molecule has 0 saturated heterocycles. The van der Waals surface area contributed by atoms with Gasteiger partial charge in [0, 0.05) is 6.54 Å². The number of rotatable bonds is 4. The fraction of sp³-hybridized carbons (Fsp3) is 0.400. The highest BCUT2D eigenvalue weighted by atomic mass is 19.4. The van der Waals surface area contributed by atoms with E-state index < -0.39 is 35.9 Å². The molecule has 0 atom stereocenters. The molecule has 2 N–H and O–H groups in total. The number of carbonyl (C=O) groups is 1. The van der Waals surface area contributed by atoms with Gasteiger partial charge in [-0.2, -0.15) is 0 Å². The molecule has 0 aliphatic heterocycles. The van der Waals surface area contributed by atoms with E-state index in [0.29, 0.717) is 6.07 Å². The summed E-state index contributed by atoms with van der Waals surface area (Å²) < 4.78 is 69.5. The first-order chi connectivity index (χ1) is 9.19. The van der Waals surface area contributed by atoms with Gasteiger partial charge in [0.25, 0.3) is 6.43 Å². The number of aromatic nitrogens is 1. The average Bonchev–Trinajstić information content (AvgIpc) is 2.35. The Morgan fingerprint density at radius 1 is 1.45 bits per heavy atom. The lowest BCUT2D eigenvalue weighted by molar-refractivity contribution is -0.276. The van der Waals surface area contributed by atoms with Gasteiger partial charge in [0.2, 0.25) is 5.88 Å². The molecule has 1 aromatic heterocycles. The molecule has 0 radical (unpaired) electrons. The van der Waals surface area contributed by atoms with E-state index in [4.69, 9.17) is 5.73 Å². The number of methoxy groups -OCH3 is 1. The maximum absolute atomic E-state index is 12.7. The van der Waals surface area contributed by atoms with Crippen LogP contribution in [0.1, 0.15) is 28.0 Å².